The minimum atomic E-state index is -0.0788. The molecule has 1 N–H and O–H groups in total. The van der Waals surface area contributed by atoms with Crippen molar-refractivity contribution < 1.29 is 9.42 Å². The number of thiophene rings is 1. The molecule has 0 unspecified atom stereocenters. The predicted molar refractivity (Wildman–Crippen MR) is 80.7 cm³/mol. The van der Waals surface area contributed by atoms with Crippen molar-refractivity contribution in [2.24, 2.45) is 0 Å². The molecule has 1 aromatic carbocycles. The number of hydrogen-bond acceptors (Lipinski definition) is 5. The first-order valence-corrected chi connectivity index (χ1v) is 7.83. The second kappa shape index (κ2) is 4.96. The summed E-state index contributed by atoms with van der Waals surface area (Å²) in [4.78, 5) is 13.9. The molecule has 0 aliphatic heterocycles. The smallest absolute Gasteiger partial charge is 0.256 e. The lowest BCUT2D eigenvalue weighted by molar-refractivity contribution is 0.102. The Morgan fingerprint density at radius 3 is 3.10 bits per heavy atom. The lowest BCUT2D eigenvalue weighted by Crippen LogP contribution is -2.14. The van der Waals surface area contributed by atoms with E-state index in [0.717, 1.165) is 24.8 Å². The zero-order chi connectivity index (χ0) is 14.2. The second-order valence-corrected chi connectivity index (χ2v) is 6.11. The largest absolute Gasteiger partial charge is 0.320 e. The molecular weight excluding hydrogens is 286 g/mol. The summed E-state index contributed by atoms with van der Waals surface area (Å²) in [5, 5.41) is 12.5. The monoisotopic (exact) mass is 299 g/mol. The maximum absolute atomic E-state index is 12.5. The van der Waals surface area contributed by atoms with E-state index < -0.39 is 0 Å². The topological polar surface area (TPSA) is 68.0 Å². The van der Waals surface area contributed by atoms with Crippen LogP contribution in [0.1, 0.15) is 33.6 Å². The van der Waals surface area contributed by atoms with Crippen LogP contribution in [0.4, 0.5) is 5.69 Å². The fraction of sp³-hybridized carbons (Fsp3) is 0.267. The van der Waals surface area contributed by atoms with Crippen LogP contribution in [0.3, 0.4) is 0 Å². The number of nitrogens with zero attached hydrogens (tertiary/aromatic N) is 2. The van der Waals surface area contributed by atoms with E-state index in [1.54, 1.807) is 17.4 Å². The van der Waals surface area contributed by atoms with E-state index in [-0.39, 0.29) is 5.91 Å². The maximum atomic E-state index is 12.5. The average molecular weight is 299 g/mol. The Kier molecular flexibility index (Phi) is 2.96. The van der Waals surface area contributed by atoms with Gasteiger partial charge in [-0.2, -0.15) is 0 Å². The van der Waals surface area contributed by atoms with Gasteiger partial charge in [0.1, 0.15) is 5.52 Å². The summed E-state index contributed by atoms with van der Waals surface area (Å²) >= 11 is 1.69. The minimum Gasteiger partial charge on any atom is -0.320 e. The van der Waals surface area contributed by atoms with Crippen LogP contribution in [0.2, 0.25) is 0 Å². The number of amides is 1. The van der Waals surface area contributed by atoms with E-state index in [9.17, 15) is 4.79 Å². The predicted octanol–water partition coefficient (Wildman–Crippen LogP) is 3.42. The van der Waals surface area contributed by atoms with Crippen LogP contribution >= 0.6 is 11.3 Å². The molecular formula is C15H13N3O2S. The van der Waals surface area contributed by atoms with Gasteiger partial charge in [-0.15, -0.1) is 11.3 Å². The van der Waals surface area contributed by atoms with Gasteiger partial charge >= 0.3 is 0 Å². The molecule has 1 aliphatic carbocycles. The van der Waals surface area contributed by atoms with Crippen LogP contribution in [0.25, 0.3) is 11.0 Å². The van der Waals surface area contributed by atoms with Gasteiger partial charge in [0.15, 0.2) is 5.52 Å². The highest BCUT2D eigenvalue weighted by Gasteiger charge is 2.21. The van der Waals surface area contributed by atoms with Gasteiger partial charge < -0.3 is 5.32 Å². The Morgan fingerprint density at radius 2 is 2.14 bits per heavy atom. The van der Waals surface area contributed by atoms with Gasteiger partial charge in [-0.25, -0.2) is 4.63 Å². The Labute approximate surface area is 124 Å². The fourth-order valence-corrected chi connectivity index (χ4v) is 3.91. The van der Waals surface area contributed by atoms with Gasteiger partial charge in [-0.1, -0.05) is 6.07 Å². The molecule has 106 valence electrons. The molecule has 0 fully saturated rings. The lowest BCUT2D eigenvalue weighted by atomic mass is 9.95. The van der Waals surface area contributed by atoms with Gasteiger partial charge in [0, 0.05) is 10.3 Å². The van der Waals surface area contributed by atoms with Crippen LogP contribution in [0.5, 0.6) is 0 Å². The summed E-state index contributed by atoms with van der Waals surface area (Å²) in [7, 11) is 0. The van der Waals surface area contributed by atoms with E-state index in [2.05, 4.69) is 15.6 Å². The number of benzene rings is 1. The van der Waals surface area contributed by atoms with Crippen LogP contribution in [0, 0.1) is 0 Å². The van der Waals surface area contributed by atoms with Crippen molar-refractivity contribution in [2.75, 3.05) is 5.32 Å². The van der Waals surface area contributed by atoms with E-state index in [4.69, 9.17) is 4.63 Å². The lowest BCUT2D eigenvalue weighted by Gasteiger charge is -2.12. The Morgan fingerprint density at radius 1 is 1.24 bits per heavy atom. The third-order valence-corrected chi connectivity index (χ3v) is 4.93. The first kappa shape index (κ1) is 12.5. The second-order valence-electron chi connectivity index (χ2n) is 5.15. The summed E-state index contributed by atoms with van der Waals surface area (Å²) in [6.45, 7) is 0. The van der Waals surface area contributed by atoms with Crippen LogP contribution < -0.4 is 5.32 Å². The van der Waals surface area contributed by atoms with Crippen molar-refractivity contribution >= 4 is 34.0 Å². The van der Waals surface area contributed by atoms with Crippen molar-refractivity contribution in [1.29, 1.82) is 0 Å². The molecule has 2 heterocycles. The van der Waals surface area contributed by atoms with Crippen molar-refractivity contribution in [3.8, 4) is 0 Å². The molecule has 2 aromatic heterocycles. The summed E-state index contributed by atoms with van der Waals surface area (Å²) in [6, 6.07) is 5.43. The van der Waals surface area contributed by atoms with E-state index >= 15 is 0 Å². The molecule has 0 saturated heterocycles. The Bertz CT molecular complexity index is 821. The normalized spacial score (nSPS) is 14.1. The number of nitrogens with one attached hydrogen (secondary N) is 1. The fourth-order valence-electron chi connectivity index (χ4n) is 2.78. The average Bonchev–Trinajstić information content (AvgIpc) is 3.14. The summed E-state index contributed by atoms with van der Waals surface area (Å²) in [5.74, 6) is -0.0788. The SMILES string of the molecule is O=C(Nc1cccc2nonc12)c1csc2c1CCCC2. The van der Waals surface area contributed by atoms with E-state index in [1.807, 2.05) is 17.5 Å². The van der Waals surface area contributed by atoms with E-state index in [0.29, 0.717) is 16.7 Å². The number of carbonyl (C=O) groups is 1. The van der Waals surface area contributed by atoms with Crippen molar-refractivity contribution in [1.82, 2.24) is 10.3 Å². The third-order valence-electron chi connectivity index (χ3n) is 3.84. The van der Waals surface area contributed by atoms with Crippen molar-refractivity contribution in [3.63, 3.8) is 0 Å². The zero-order valence-corrected chi connectivity index (χ0v) is 12.1. The number of anilines is 1. The van der Waals surface area contributed by atoms with Gasteiger partial charge in [-0.3, -0.25) is 4.79 Å². The maximum Gasteiger partial charge on any atom is 0.256 e. The summed E-state index contributed by atoms with van der Waals surface area (Å²) < 4.78 is 4.72. The van der Waals surface area contributed by atoms with Gasteiger partial charge in [0.25, 0.3) is 5.91 Å². The van der Waals surface area contributed by atoms with Crippen molar-refractivity contribution in [2.45, 2.75) is 25.7 Å². The highest BCUT2D eigenvalue weighted by atomic mass is 32.1. The molecule has 6 heteroatoms. The van der Waals surface area contributed by atoms with Gasteiger partial charge in [0.2, 0.25) is 0 Å². The molecule has 0 spiro atoms. The molecule has 4 rings (SSSR count). The Balaban J connectivity index is 1.67. The van der Waals surface area contributed by atoms with Gasteiger partial charge in [-0.05, 0) is 53.7 Å². The Hall–Kier alpha value is -2.21. The molecule has 1 amide bonds. The number of hydrogen-bond donors (Lipinski definition) is 1. The number of carbonyl (C=O) groups excluding carboxylic acids is 1. The number of aryl methyl sites for hydroxylation is 1. The molecule has 1 aliphatic rings. The summed E-state index contributed by atoms with van der Waals surface area (Å²) in [5.41, 5.74) is 3.86. The van der Waals surface area contributed by atoms with Crippen molar-refractivity contribution in [3.05, 3.63) is 39.6 Å². The number of fused-ring (bicyclic) bond motifs is 2. The molecule has 0 bridgehead atoms. The quantitative estimate of drug-likeness (QED) is 0.787. The highest BCUT2D eigenvalue weighted by molar-refractivity contribution is 7.10. The number of rotatable bonds is 2. The number of aromatic nitrogens is 2. The molecule has 0 radical (unpaired) electrons. The minimum absolute atomic E-state index is 0.0788. The molecule has 0 saturated carbocycles. The van der Waals surface area contributed by atoms with Crippen LogP contribution in [-0.2, 0) is 12.8 Å². The highest BCUT2D eigenvalue weighted by Crippen LogP contribution is 2.31. The zero-order valence-electron chi connectivity index (χ0n) is 11.3. The van der Waals surface area contributed by atoms with Crippen LogP contribution in [0.15, 0.2) is 28.2 Å². The first-order chi connectivity index (χ1) is 10.3. The molecule has 0 atom stereocenters. The first-order valence-electron chi connectivity index (χ1n) is 6.95. The molecule has 5 nitrogen and oxygen atoms in total. The molecule has 3 aromatic rings. The molecule has 21 heavy (non-hydrogen) atoms. The standard InChI is InChI=1S/C15H13N3O2S/c19-15(10-8-21-13-7-2-1-4-9(10)13)16-11-5-3-6-12-14(11)18-20-17-12/h3,5-6,8H,1-2,4,7H2,(H,16,19). The van der Waals surface area contributed by atoms with E-state index in [1.165, 1.54) is 16.9 Å². The van der Waals surface area contributed by atoms with Crippen LogP contribution in [-0.4, -0.2) is 16.2 Å². The summed E-state index contributed by atoms with van der Waals surface area (Å²) in [6.07, 6.45) is 4.47. The van der Waals surface area contributed by atoms with Gasteiger partial charge in [0.05, 0.1) is 11.3 Å². The third kappa shape index (κ3) is 2.12.